The van der Waals surface area contributed by atoms with Crippen molar-refractivity contribution in [1.29, 1.82) is 0 Å². The van der Waals surface area contributed by atoms with Gasteiger partial charge in [-0.15, -0.1) is 0 Å². The number of piperidine rings is 1. The number of carbonyl (C=O) groups excluding carboxylic acids is 1. The summed E-state index contributed by atoms with van der Waals surface area (Å²) in [5, 5.41) is 13.1. The molecule has 2 aliphatic heterocycles. The van der Waals surface area contributed by atoms with Gasteiger partial charge in [0.05, 0.1) is 11.8 Å². The summed E-state index contributed by atoms with van der Waals surface area (Å²) in [6.07, 6.45) is 7.38. The first kappa shape index (κ1) is 13.4. The van der Waals surface area contributed by atoms with Gasteiger partial charge in [-0.05, 0) is 38.7 Å². The van der Waals surface area contributed by atoms with Crippen molar-refractivity contribution in [3.05, 3.63) is 24.0 Å². The molecule has 0 saturated carbocycles. The van der Waals surface area contributed by atoms with E-state index in [1.165, 1.54) is 31.3 Å². The Bertz CT molecular complexity index is 494. The second-order valence-corrected chi connectivity index (χ2v) is 5.79. The number of nitrogens with zero attached hydrogens (tertiary/aromatic N) is 2. The normalized spacial score (nSPS) is 28.4. The van der Waals surface area contributed by atoms with Crippen LogP contribution in [0.4, 0.5) is 0 Å². The van der Waals surface area contributed by atoms with Crippen LogP contribution in [0.15, 0.2) is 18.5 Å². The van der Waals surface area contributed by atoms with Gasteiger partial charge in [-0.1, -0.05) is 0 Å². The van der Waals surface area contributed by atoms with Crippen molar-refractivity contribution in [1.82, 2.24) is 15.2 Å². The Kier molecular flexibility index (Phi) is 3.61. The van der Waals surface area contributed by atoms with E-state index in [-0.39, 0.29) is 11.7 Å². The topological polar surface area (TPSA) is 65.5 Å². The summed E-state index contributed by atoms with van der Waals surface area (Å²) in [6.45, 7) is 2.71. The van der Waals surface area contributed by atoms with Gasteiger partial charge in [-0.2, -0.15) is 0 Å². The lowest BCUT2D eigenvalue weighted by molar-refractivity contribution is 0.0630. The highest BCUT2D eigenvalue weighted by Crippen LogP contribution is 2.30. The van der Waals surface area contributed by atoms with Crippen molar-refractivity contribution in [2.24, 2.45) is 0 Å². The Balaban J connectivity index is 1.77. The molecule has 0 radical (unpaired) electrons. The molecule has 2 saturated heterocycles. The van der Waals surface area contributed by atoms with Crippen molar-refractivity contribution in [2.75, 3.05) is 6.54 Å². The Labute approximate surface area is 119 Å². The molecule has 5 heteroatoms. The summed E-state index contributed by atoms with van der Waals surface area (Å²) >= 11 is 0. The number of fused-ring (bicyclic) bond motifs is 2. The van der Waals surface area contributed by atoms with Crippen molar-refractivity contribution in [3.8, 4) is 5.75 Å². The van der Waals surface area contributed by atoms with E-state index >= 15 is 0 Å². The SMILES string of the molecule is CCN(C(=O)c1cncc(O)c1)C1CC2CCC(C1)N2. The molecule has 1 amide bonds. The number of aromatic hydroxyl groups is 1. The Morgan fingerprint density at radius 3 is 2.70 bits per heavy atom. The second-order valence-electron chi connectivity index (χ2n) is 5.79. The third-order valence-electron chi connectivity index (χ3n) is 4.46. The zero-order chi connectivity index (χ0) is 14.1. The lowest BCUT2D eigenvalue weighted by Gasteiger charge is -2.37. The third kappa shape index (κ3) is 2.50. The van der Waals surface area contributed by atoms with E-state index in [1.807, 2.05) is 11.8 Å². The van der Waals surface area contributed by atoms with E-state index in [0.29, 0.717) is 30.2 Å². The molecule has 2 unspecified atom stereocenters. The lowest BCUT2D eigenvalue weighted by Crippen LogP contribution is -2.50. The first-order chi connectivity index (χ1) is 9.67. The van der Waals surface area contributed by atoms with E-state index in [1.54, 1.807) is 0 Å². The standard InChI is InChI=1S/C15H21N3O2/c1-2-18(13-6-11-3-4-12(7-13)17-11)15(20)10-5-14(19)9-16-8-10/h5,8-9,11-13,17,19H,2-4,6-7H2,1H3. The maximum absolute atomic E-state index is 12.6. The quantitative estimate of drug-likeness (QED) is 0.878. The first-order valence-electron chi connectivity index (χ1n) is 7.38. The Morgan fingerprint density at radius 1 is 1.40 bits per heavy atom. The number of rotatable bonds is 3. The third-order valence-corrected chi connectivity index (χ3v) is 4.46. The number of hydrogen-bond acceptors (Lipinski definition) is 4. The molecular formula is C15H21N3O2. The van der Waals surface area contributed by atoms with Gasteiger partial charge in [0, 0.05) is 30.9 Å². The molecular weight excluding hydrogens is 254 g/mol. The summed E-state index contributed by atoms with van der Waals surface area (Å²) in [6, 6.07) is 2.91. The summed E-state index contributed by atoms with van der Waals surface area (Å²) in [5.74, 6) is 0.0134. The van der Waals surface area contributed by atoms with Crippen LogP contribution in [0.2, 0.25) is 0 Å². The highest BCUT2D eigenvalue weighted by atomic mass is 16.3. The van der Waals surface area contributed by atoms with Gasteiger partial charge >= 0.3 is 0 Å². The maximum atomic E-state index is 12.6. The molecule has 2 bridgehead atoms. The zero-order valence-electron chi connectivity index (χ0n) is 11.7. The number of hydrogen-bond donors (Lipinski definition) is 2. The average Bonchev–Trinajstić information content (AvgIpc) is 2.78. The van der Waals surface area contributed by atoms with Crippen LogP contribution >= 0.6 is 0 Å². The van der Waals surface area contributed by atoms with Crippen molar-refractivity contribution in [3.63, 3.8) is 0 Å². The molecule has 1 aromatic heterocycles. The first-order valence-corrected chi connectivity index (χ1v) is 7.38. The molecule has 0 aliphatic carbocycles. The molecule has 0 spiro atoms. The summed E-state index contributed by atoms with van der Waals surface area (Å²) in [7, 11) is 0. The molecule has 2 atom stereocenters. The van der Waals surface area contributed by atoms with E-state index in [4.69, 9.17) is 0 Å². The van der Waals surface area contributed by atoms with Crippen LogP contribution in [-0.2, 0) is 0 Å². The zero-order valence-corrected chi connectivity index (χ0v) is 11.7. The van der Waals surface area contributed by atoms with Gasteiger partial charge in [0.2, 0.25) is 0 Å². The van der Waals surface area contributed by atoms with E-state index < -0.39 is 0 Å². The fourth-order valence-electron chi connectivity index (χ4n) is 3.56. The Hall–Kier alpha value is -1.62. The molecule has 1 aromatic rings. The minimum atomic E-state index is -0.0257. The maximum Gasteiger partial charge on any atom is 0.255 e. The van der Waals surface area contributed by atoms with Gasteiger partial charge in [0.25, 0.3) is 5.91 Å². The predicted molar refractivity (Wildman–Crippen MR) is 75.6 cm³/mol. The lowest BCUT2D eigenvalue weighted by atomic mass is 9.97. The minimum absolute atomic E-state index is 0.0257. The second kappa shape index (κ2) is 5.40. The summed E-state index contributed by atoms with van der Waals surface area (Å²) in [4.78, 5) is 18.4. The van der Waals surface area contributed by atoms with Gasteiger partial charge in [-0.3, -0.25) is 9.78 Å². The number of carbonyl (C=O) groups is 1. The van der Waals surface area contributed by atoms with Crippen LogP contribution in [0.25, 0.3) is 0 Å². The van der Waals surface area contributed by atoms with Crippen LogP contribution in [0.1, 0.15) is 43.0 Å². The highest BCUT2D eigenvalue weighted by molar-refractivity contribution is 5.94. The van der Waals surface area contributed by atoms with Crippen molar-refractivity contribution < 1.29 is 9.90 Å². The Morgan fingerprint density at radius 2 is 2.10 bits per heavy atom. The molecule has 3 heterocycles. The molecule has 3 rings (SSSR count). The minimum Gasteiger partial charge on any atom is -0.506 e. The molecule has 108 valence electrons. The molecule has 2 fully saturated rings. The molecule has 5 nitrogen and oxygen atoms in total. The summed E-state index contributed by atoms with van der Waals surface area (Å²) in [5.41, 5.74) is 0.470. The number of pyridine rings is 1. The van der Waals surface area contributed by atoms with E-state index in [9.17, 15) is 9.90 Å². The fourth-order valence-corrected chi connectivity index (χ4v) is 3.56. The molecule has 20 heavy (non-hydrogen) atoms. The average molecular weight is 275 g/mol. The monoisotopic (exact) mass is 275 g/mol. The van der Waals surface area contributed by atoms with Gasteiger partial charge in [0.1, 0.15) is 5.75 Å². The van der Waals surface area contributed by atoms with Crippen LogP contribution in [0.3, 0.4) is 0 Å². The van der Waals surface area contributed by atoms with Gasteiger partial charge < -0.3 is 15.3 Å². The van der Waals surface area contributed by atoms with Crippen molar-refractivity contribution in [2.45, 2.75) is 50.7 Å². The van der Waals surface area contributed by atoms with Gasteiger partial charge in [-0.25, -0.2) is 0 Å². The van der Waals surface area contributed by atoms with Crippen LogP contribution in [-0.4, -0.2) is 45.6 Å². The number of aromatic nitrogens is 1. The highest BCUT2D eigenvalue weighted by Gasteiger charge is 2.37. The van der Waals surface area contributed by atoms with Crippen LogP contribution in [0, 0.1) is 0 Å². The molecule has 2 N–H and O–H groups in total. The predicted octanol–water partition coefficient (Wildman–Crippen LogP) is 1.53. The molecule has 2 aliphatic rings. The van der Waals surface area contributed by atoms with Gasteiger partial charge in [0.15, 0.2) is 0 Å². The van der Waals surface area contributed by atoms with Crippen LogP contribution < -0.4 is 5.32 Å². The van der Waals surface area contributed by atoms with E-state index in [0.717, 1.165) is 12.8 Å². The largest absolute Gasteiger partial charge is 0.506 e. The smallest absolute Gasteiger partial charge is 0.255 e. The van der Waals surface area contributed by atoms with Crippen molar-refractivity contribution >= 4 is 5.91 Å². The number of amides is 1. The summed E-state index contributed by atoms with van der Waals surface area (Å²) < 4.78 is 0. The van der Waals surface area contributed by atoms with Crippen LogP contribution in [0.5, 0.6) is 5.75 Å². The fraction of sp³-hybridized carbons (Fsp3) is 0.600. The van der Waals surface area contributed by atoms with E-state index in [2.05, 4.69) is 10.3 Å². The number of nitrogens with one attached hydrogen (secondary N) is 1. The molecule has 0 aromatic carbocycles.